The molecule has 1 heterocycles. The minimum atomic E-state index is -0.462. The number of β-amino-alcohol motifs (C(OH)–C–C–N with tert-alkyl or cyclic N) is 1. The predicted molar refractivity (Wildman–Crippen MR) is 113 cm³/mol. The molecule has 1 aliphatic carbocycles. The molecule has 150 valence electrons. The molecular weight excluding hydrogens is 372 g/mol. The van der Waals surface area contributed by atoms with E-state index in [9.17, 15) is 5.11 Å². The highest BCUT2D eigenvalue weighted by atomic mass is 35.5. The number of nitrogens with zero attached hydrogens (tertiary/aromatic N) is 2. The van der Waals surface area contributed by atoms with E-state index in [1.807, 2.05) is 18.2 Å². The van der Waals surface area contributed by atoms with Gasteiger partial charge in [-0.25, -0.2) is 0 Å². The topological polar surface area (TPSA) is 35.9 Å². The van der Waals surface area contributed by atoms with Crippen LogP contribution in [0.1, 0.15) is 23.1 Å². The van der Waals surface area contributed by atoms with E-state index < -0.39 is 6.10 Å². The van der Waals surface area contributed by atoms with Crippen LogP contribution in [0.3, 0.4) is 0 Å². The average Bonchev–Trinajstić information content (AvgIpc) is 3.17. The number of ether oxygens (including phenoxy) is 1. The Labute approximate surface area is 172 Å². The smallest absolute Gasteiger partial charge is 0.119 e. The first-order valence-electron chi connectivity index (χ1n) is 10.3. The van der Waals surface area contributed by atoms with Crippen LogP contribution in [0.25, 0.3) is 0 Å². The predicted octanol–water partition coefficient (Wildman–Crippen LogP) is 3.39. The van der Waals surface area contributed by atoms with Crippen molar-refractivity contribution in [2.75, 3.05) is 39.3 Å². The van der Waals surface area contributed by atoms with Crippen molar-refractivity contribution in [1.82, 2.24) is 9.80 Å². The van der Waals surface area contributed by atoms with Crippen molar-refractivity contribution in [3.05, 3.63) is 64.2 Å². The fourth-order valence-electron chi connectivity index (χ4n) is 4.16. The second-order valence-electron chi connectivity index (χ2n) is 7.95. The molecule has 4 nitrogen and oxygen atoms in total. The van der Waals surface area contributed by atoms with Crippen LogP contribution < -0.4 is 4.74 Å². The average molecular weight is 401 g/mol. The zero-order valence-electron chi connectivity index (χ0n) is 16.3. The molecule has 1 aliphatic heterocycles. The molecule has 0 amide bonds. The van der Waals surface area contributed by atoms with E-state index in [1.165, 1.54) is 29.5 Å². The maximum absolute atomic E-state index is 10.4. The van der Waals surface area contributed by atoms with Crippen molar-refractivity contribution in [2.45, 2.75) is 31.9 Å². The van der Waals surface area contributed by atoms with E-state index in [2.05, 4.69) is 34.1 Å². The molecule has 1 unspecified atom stereocenters. The third-order valence-electron chi connectivity index (χ3n) is 5.77. The Morgan fingerprint density at radius 3 is 2.43 bits per heavy atom. The Kier molecular flexibility index (Phi) is 6.53. The minimum Gasteiger partial charge on any atom is -0.491 e. The maximum Gasteiger partial charge on any atom is 0.119 e. The lowest BCUT2D eigenvalue weighted by molar-refractivity contribution is 0.0446. The quantitative estimate of drug-likeness (QED) is 0.772. The van der Waals surface area contributed by atoms with Gasteiger partial charge in [-0.2, -0.15) is 0 Å². The highest BCUT2D eigenvalue weighted by Gasteiger charge is 2.20. The second kappa shape index (κ2) is 9.27. The number of piperazine rings is 1. The highest BCUT2D eigenvalue weighted by molar-refractivity contribution is 6.30. The van der Waals surface area contributed by atoms with Gasteiger partial charge in [0.25, 0.3) is 0 Å². The Morgan fingerprint density at radius 2 is 1.64 bits per heavy atom. The van der Waals surface area contributed by atoms with Crippen molar-refractivity contribution in [3.63, 3.8) is 0 Å². The number of aliphatic hydroxyl groups excluding tert-OH is 1. The first-order valence-corrected chi connectivity index (χ1v) is 10.7. The van der Waals surface area contributed by atoms with Gasteiger partial charge in [0.15, 0.2) is 0 Å². The second-order valence-corrected chi connectivity index (χ2v) is 8.39. The maximum atomic E-state index is 10.4. The molecule has 1 N–H and O–H groups in total. The molecule has 0 saturated carbocycles. The van der Waals surface area contributed by atoms with Crippen LogP contribution >= 0.6 is 11.6 Å². The van der Waals surface area contributed by atoms with Gasteiger partial charge >= 0.3 is 0 Å². The standard InChI is InChI=1S/C23H29ClN2O2/c24-21-7-4-18(5-8-21)15-25-10-12-26(13-11-25)16-22(27)17-28-23-9-6-19-2-1-3-20(19)14-23/h4-9,14,22,27H,1-3,10-13,15-17H2. The van der Waals surface area contributed by atoms with E-state index in [0.29, 0.717) is 13.2 Å². The Balaban J connectivity index is 1.17. The molecular formula is C23H29ClN2O2. The van der Waals surface area contributed by atoms with Gasteiger partial charge in [0.2, 0.25) is 0 Å². The summed E-state index contributed by atoms with van der Waals surface area (Å²) in [6.07, 6.45) is 3.11. The first kappa shape index (κ1) is 19.7. The van der Waals surface area contributed by atoms with Crippen LogP contribution in [0.2, 0.25) is 5.02 Å². The van der Waals surface area contributed by atoms with Gasteiger partial charge in [-0.05, 0) is 60.2 Å². The van der Waals surface area contributed by atoms with Gasteiger partial charge in [0.05, 0.1) is 0 Å². The number of rotatable bonds is 7. The van der Waals surface area contributed by atoms with E-state index in [1.54, 1.807) is 0 Å². The summed E-state index contributed by atoms with van der Waals surface area (Å²) in [6, 6.07) is 14.4. The molecule has 5 heteroatoms. The molecule has 2 aromatic carbocycles. The number of halogens is 1. The monoisotopic (exact) mass is 400 g/mol. The summed E-state index contributed by atoms with van der Waals surface area (Å²) in [5.41, 5.74) is 4.15. The summed E-state index contributed by atoms with van der Waals surface area (Å²) >= 11 is 5.96. The fraction of sp³-hybridized carbons (Fsp3) is 0.478. The fourth-order valence-corrected chi connectivity index (χ4v) is 4.29. The molecule has 0 radical (unpaired) electrons. The summed E-state index contributed by atoms with van der Waals surface area (Å²) in [6.45, 7) is 5.95. The van der Waals surface area contributed by atoms with Crippen molar-refractivity contribution in [2.24, 2.45) is 0 Å². The molecule has 28 heavy (non-hydrogen) atoms. The van der Waals surface area contributed by atoms with Crippen molar-refractivity contribution in [3.8, 4) is 5.75 Å². The molecule has 0 bridgehead atoms. The lowest BCUT2D eigenvalue weighted by Gasteiger charge is -2.35. The summed E-state index contributed by atoms with van der Waals surface area (Å²) in [5.74, 6) is 0.882. The van der Waals surface area contributed by atoms with Gasteiger partial charge in [-0.15, -0.1) is 0 Å². The molecule has 1 atom stereocenters. The molecule has 2 aromatic rings. The summed E-state index contributed by atoms with van der Waals surface area (Å²) < 4.78 is 5.85. The third-order valence-corrected chi connectivity index (χ3v) is 6.02. The zero-order valence-corrected chi connectivity index (χ0v) is 17.1. The normalized spacial score (nSPS) is 18.8. The van der Waals surface area contributed by atoms with Gasteiger partial charge in [0.1, 0.15) is 18.5 Å². The van der Waals surface area contributed by atoms with Crippen LogP contribution in [0, 0.1) is 0 Å². The SMILES string of the molecule is OC(COc1ccc2c(c1)CCC2)CN1CCN(Cc2ccc(Cl)cc2)CC1. The number of hydrogen-bond donors (Lipinski definition) is 1. The Hall–Kier alpha value is -1.59. The number of aryl methyl sites for hydroxylation is 2. The third kappa shape index (κ3) is 5.26. The lowest BCUT2D eigenvalue weighted by Crippen LogP contribution is -2.48. The van der Waals surface area contributed by atoms with Crippen molar-refractivity contribution in [1.29, 1.82) is 0 Å². The van der Waals surface area contributed by atoms with Gasteiger partial charge in [-0.3, -0.25) is 9.80 Å². The number of fused-ring (bicyclic) bond motifs is 1. The molecule has 1 fully saturated rings. The number of aliphatic hydroxyl groups is 1. The van der Waals surface area contributed by atoms with Crippen LogP contribution in [-0.2, 0) is 19.4 Å². The van der Waals surface area contributed by atoms with Crippen LogP contribution in [0.15, 0.2) is 42.5 Å². The Bertz CT molecular complexity index is 773. The van der Waals surface area contributed by atoms with Crippen LogP contribution in [-0.4, -0.2) is 60.3 Å². The Morgan fingerprint density at radius 1 is 0.929 bits per heavy atom. The largest absolute Gasteiger partial charge is 0.491 e. The molecule has 4 rings (SSSR count). The lowest BCUT2D eigenvalue weighted by atomic mass is 10.1. The minimum absolute atomic E-state index is 0.351. The number of benzene rings is 2. The van der Waals surface area contributed by atoms with Gasteiger partial charge in [0, 0.05) is 44.3 Å². The summed E-state index contributed by atoms with van der Waals surface area (Å²) in [7, 11) is 0. The van der Waals surface area contributed by atoms with Crippen molar-refractivity contribution < 1.29 is 9.84 Å². The summed E-state index contributed by atoms with van der Waals surface area (Å²) in [4.78, 5) is 4.78. The zero-order chi connectivity index (χ0) is 19.3. The highest BCUT2D eigenvalue weighted by Crippen LogP contribution is 2.26. The van der Waals surface area contributed by atoms with E-state index in [0.717, 1.165) is 49.9 Å². The molecule has 0 aromatic heterocycles. The van der Waals surface area contributed by atoms with E-state index in [4.69, 9.17) is 16.3 Å². The van der Waals surface area contributed by atoms with Gasteiger partial charge in [-0.1, -0.05) is 29.8 Å². The number of hydrogen-bond acceptors (Lipinski definition) is 4. The molecule has 1 saturated heterocycles. The molecule has 0 spiro atoms. The summed E-state index contributed by atoms with van der Waals surface area (Å²) in [5, 5.41) is 11.2. The van der Waals surface area contributed by atoms with Crippen LogP contribution in [0.4, 0.5) is 0 Å². The van der Waals surface area contributed by atoms with Crippen LogP contribution in [0.5, 0.6) is 5.75 Å². The van der Waals surface area contributed by atoms with E-state index >= 15 is 0 Å². The van der Waals surface area contributed by atoms with E-state index in [-0.39, 0.29) is 0 Å². The van der Waals surface area contributed by atoms with Gasteiger partial charge < -0.3 is 9.84 Å². The first-order chi connectivity index (χ1) is 13.7. The van der Waals surface area contributed by atoms with Crippen molar-refractivity contribution >= 4 is 11.6 Å². The molecule has 2 aliphatic rings.